The quantitative estimate of drug-likeness (QED) is 0.310. The zero-order valence-corrected chi connectivity index (χ0v) is 24.7. The second-order valence-corrected chi connectivity index (χ2v) is 12.6. The fraction of sp³-hybridized carbons (Fsp3) is 0.441. The summed E-state index contributed by atoms with van der Waals surface area (Å²) in [6.45, 7) is 3.04. The second kappa shape index (κ2) is 10.7. The summed E-state index contributed by atoms with van der Waals surface area (Å²) < 4.78 is 58.4. The molecule has 8 nitrogen and oxygen atoms in total. The highest BCUT2D eigenvalue weighted by atomic mass is 19.1. The number of nitrogens with zero attached hydrogens (tertiary/aromatic N) is 5. The Hall–Kier alpha value is -4.14. The number of rotatable bonds is 4. The van der Waals surface area contributed by atoms with E-state index in [1.54, 1.807) is 0 Å². The van der Waals surface area contributed by atoms with Crippen LogP contribution in [0.4, 0.5) is 19.0 Å². The number of pyridine rings is 1. The van der Waals surface area contributed by atoms with Crippen molar-refractivity contribution in [1.29, 1.82) is 0 Å². The Kier molecular flexibility index (Phi) is 6.76. The first-order chi connectivity index (χ1) is 21.8. The molecule has 3 fully saturated rings. The highest BCUT2D eigenvalue weighted by molar-refractivity contribution is 6.03. The van der Waals surface area contributed by atoms with Crippen molar-refractivity contribution in [2.45, 2.75) is 56.3 Å². The first-order valence-electron chi connectivity index (χ1n) is 15.5. The van der Waals surface area contributed by atoms with Gasteiger partial charge in [-0.1, -0.05) is 12.0 Å². The largest absolute Gasteiger partial charge is 0.508 e. The van der Waals surface area contributed by atoms with Gasteiger partial charge in [0.15, 0.2) is 5.82 Å². The number of hydrogen-bond donors (Lipinski definition) is 1. The van der Waals surface area contributed by atoms with Gasteiger partial charge in [0.1, 0.15) is 41.4 Å². The van der Waals surface area contributed by atoms with Gasteiger partial charge in [-0.05, 0) is 62.2 Å². The van der Waals surface area contributed by atoms with Crippen molar-refractivity contribution < 1.29 is 27.8 Å². The minimum absolute atomic E-state index is 0.00461. The number of alkyl halides is 1. The van der Waals surface area contributed by atoms with Crippen LogP contribution in [0.25, 0.3) is 32.9 Å². The molecule has 8 rings (SSSR count). The molecule has 0 bridgehead atoms. The SMILES string of the molecule is C#Cc1c(F)ccc2cc(O)cc(-c3nc4c5c(nc(OC[C@@]67CCCN6C[C@H](F)C7)nc5c3F)N3CCOCC[C@@H]3CC4)c12. The fourth-order valence-corrected chi connectivity index (χ4v) is 7.94. The van der Waals surface area contributed by atoms with Gasteiger partial charge in [0.2, 0.25) is 0 Å². The molecule has 0 amide bonds. The van der Waals surface area contributed by atoms with Gasteiger partial charge in [0, 0.05) is 43.1 Å². The number of halogens is 3. The molecule has 2 aromatic carbocycles. The van der Waals surface area contributed by atoms with Gasteiger partial charge < -0.3 is 19.5 Å². The Bertz CT molecular complexity index is 1900. The monoisotopic (exact) mass is 615 g/mol. The predicted molar refractivity (Wildman–Crippen MR) is 163 cm³/mol. The first-order valence-corrected chi connectivity index (χ1v) is 15.5. The molecular formula is C34H32F3N5O3. The molecule has 0 radical (unpaired) electrons. The van der Waals surface area contributed by atoms with Crippen molar-refractivity contribution in [1.82, 2.24) is 19.9 Å². The van der Waals surface area contributed by atoms with Gasteiger partial charge in [-0.2, -0.15) is 9.97 Å². The van der Waals surface area contributed by atoms with Crippen molar-refractivity contribution in [3.05, 3.63) is 47.2 Å². The molecule has 2 aromatic heterocycles. The number of anilines is 1. The number of benzene rings is 2. The Balaban J connectivity index is 1.33. The number of terminal acetylenes is 1. The maximum atomic E-state index is 17.0. The summed E-state index contributed by atoms with van der Waals surface area (Å²) in [4.78, 5) is 18.6. The molecule has 0 saturated carbocycles. The van der Waals surface area contributed by atoms with Crippen LogP contribution in [0.3, 0.4) is 0 Å². The normalized spacial score (nSPS) is 24.7. The number of aromatic hydroxyl groups is 1. The highest BCUT2D eigenvalue weighted by Crippen LogP contribution is 2.43. The molecule has 0 spiro atoms. The average Bonchev–Trinajstić information content (AvgIpc) is 3.38. The standard InChI is InChI=1S/C34H32F3N5O3/c1-2-23-25(36)6-4-19-14-22(43)15-24(27(19)23)30-29(37)31-28-26(38-30)7-5-21-8-12-44-13-11-42(21)32(28)40-33(39-31)45-18-34-9-3-10-41(34)17-20(35)16-34/h1,4,6,14-15,20-21,43H,3,5,7-13,16-18H2/t20-,21+,34+/m1/s1. The van der Waals surface area contributed by atoms with Gasteiger partial charge in [-0.3, -0.25) is 4.90 Å². The zero-order valence-electron chi connectivity index (χ0n) is 24.7. The van der Waals surface area contributed by atoms with Crippen molar-refractivity contribution in [2.75, 3.05) is 44.4 Å². The number of phenolic OH excluding ortho intramolecular Hbond substituents is 1. The lowest BCUT2D eigenvalue weighted by atomic mass is 9.95. The maximum absolute atomic E-state index is 17.0. The van der Waals surface area contributed by atoms with E-state index >= 15 is 4.39 Å². The Morgan fingerprint density at radius 2 is 2.00 bits per heavy atom. The van der Waals surface area contributed by atoms with Crippen molar-refractivity contribution in [3.8, 4) is 35.4 Å². The average molecular weight is 616 g/mol. The summed E-state index contributed by atoms with van der Waals surface area (Å²) in [7, 11) is 0. The fourth-order valence-electron chi connectivity index (χ4n) is 7.94. The van der Waals surface area contributed by atoms with Crippen LogP contribution in [0.15, 0.2) is 24.3 Å². The van der Waals surface area contributed by atoms with Crippen LogP contribution in [0.5, 0.6) is 11.8 Å². The van der Waals surface area contributed by atoms with Gasteiger partial charge in [-0.15, -0.1) is 6.42 Å². The van der Waals surface area contributed by atoms with Crippen molar-refractivity contribution in [2.24, 2.45) is 0 Å². The van der Waals surface area contributed by atoms with Crippen LogP contribution in [-0.2, 0) is 11.2 Å². The van der Waals surface area contributed by atoms with Crippen LogP contribution in [-0.4, -0.2) is 82.2 Å². The molecule has 11 heteroatoms. The third-order valence-corrected chi connectivity index (χ3v) is 10.0. The Labute approximate surface area is 258 Å². The Morgan fingerprint density at radius 3 is 2.87 bits per heavy atom. The summed E-state index contributed by atoms with van der Waals surface area (Å²) in [5.41, 5.74) is 0.221. The molecule has 0 unspecified atom stereocenters. The summed E-state index contributed by atoms with van der Waals surface area (Å²) in [5, 5.41) is 11.8. The zero-order chi connectivity index (χ0) is 30.9. The maximum Gasteiger partial charge on any atom is 0.319 e. The van der Waals surface area contributed by atoms with E-state index in [-0.39, 0.29) is 52.1 Å². The van der Waals surface area contributed by atoms with E-state index in [2.05, 4.69) is 20.7 Å². The van der Waals surface area contributed by atoms with E-state index < -0.39 is 23.3 Å². The van der Waals surface area contributed by atoms with E-state index in [9.17, 15) is 13.9 Å². The van der Waals surface area contributed by atoms with Gasteiger partial charge in [0.25, 0.3) is 0 Å². The Morgan fingerprint density at radius 1 is 1.11 bits per heavy atom. The van der Waals surface area contributed by atoms with E-state index in [1.807, 2.05) is 0 Å². The van der Waals surface area contributed by atoms with Crippen molar-refractivity contribution >= 4 is 27.5 Å². The number of aromatic nitrogens is 3. The predicted octanol–water partition coefficient (Wildman–Crippen LogP) is 5.31. The molecule has 1 N–H and O–H groups in total. The molecule has 4 aliphatic heterocycles. The molecule has 4 aliphatic rings. The van der Waals surface area contributed by atoms with E-state index in [0.29, 0.717) is 61.4 Å². The minimum atomic E-state index is -0.919. The summed E-state index contributed by atoms with van der Waals surface area (Å²) in [6, 6.07) is 5.62. The lowest BCUT2D eigenvalue weighted by molar-refractivity contribution is 0.107. The molecule has 4 aromatic rings. The van der Waals surface area contributed by atoms with Crippen LogP contribution < -0.4 is 9.64 Å². The topological polar surface area (TPSA) is 83.8 Å². The van der Waals surface area contributed by atoms with E-state index in [0.717, 1.165) is 32.2 Å². The first kappa shape index (κ1) is 28.3. The number of fused-ring (bicyclic) bond motifs is 4. The number of ether oxygens (including phenoxy) is 2. The minimum Gasteiger partial charge on any atom is -0.508 e. The molecular weight excluding hydrogens is 583 g/mol. The third kappa shape index (κ3) is 4.57. The molecule has 6 heterocycles. The second-order valence-electron chi connectivity index (χ2n) is 12.6. The number of phenols is 1. The highest BCUT2D eigenvalue weighted by Gasteiger charge is 2.49. The molecule has 3 saturated heterocycles. The molecule has 0 aliphatic carbocycles. The molecule has 45 heavy (non-hydrogen) atoms. The van der Waals surface area contributed by atoms with Crippen LogP contribution in [0.1, 0.15) is 43.4 Å². The molecule has 232 valence electrons. The third-order valence-electron chi connectivity index (χ3n) is 10.0. The summed E-state index contributed by atoms with van der Waals surface area (Å²) in [6.07, 6.45) is 8.96. The number of hydrogen-bond acceptors (Lipinski definition) is 8. The lowest BCUT2D eigenvalue weighted by Crippen LogP contribution is -2.43. The van der Waals surface area contributed by atoms with E-state index in [4.69, 9.17) is 25.9 Å². The molecule has 3 atom stereocenters. The van der Waals surface area contributed by atoms with Gasteiger partial charge in [0.05, 0.1) is 28.8 Å². The lowest BCUT2D eigenvalue weighted by Gasteiger charge is -2.31. The van der Waals surface area contributed by atoms with Gasteiger partial charge >= 0.3 is 6.01 Å². The summed E-state index contributed by atoms with van der Waals surface area (Å²) in [5.74, 6) is 1.41. The van der Waals surface area contributed by atoms with Gasteiger partial charge in [-0.25, -0.2) is 18.2 Å². The van der Waals surface area contributed by atoms with Crippen LogP contribution >= 0.6 is 0 Å². The summed E-state index contributed by atoms with van der Waals surface area (Å²) >= 11 is 0. The van der Waals surface area contributed by atoms with E-state index in [1.165, 1.54) is 24.3 Å². The smallest absolute Gasteiger partial charge is 0.319 e. The van der Waals surface area contributed by atoms with Crippen LogP contribution in [0.2, 0.25) is 0 Å². The van der Waals surface area contributed by atoms with Crippen LogP contribution in [0, 0.1) is 24.0 Å². The van der Waals surface area contributed by atoms with Crippen molar-refractivity contribution in [3.63, 3.8) is 0 Å². The number of aryl methyl sites for hydroxylation is 1.